The van der Waals surface area contributed by atoms with Gasteiger partial charge in [0.25, 0.3) is 5.91 Å². The number of carbonyl (C=O) groups is 1. The van der Waals surface area contributed by atoms with Crippen molar-refractivity contribution < 1.29 is 13.9 Å². The first-order valence-corrected chi connectivity index (χ1v) is 9.01. The molecule has 2 aromatic heterocycles. The van der Waals surface area contributed by atoms with Crippen molar-refractivity contribution in [2.45, 2.75) is 32.6 Å². The Kier molecular flexibility index (Phi) is 3.98. The van der Waals surface area contributed by atoms with E-state index in [1.54, 1.807) is 17.4 Å². The van der Waals surface area contributed by atoms with Crippen LogP contribution in [0.2, 0.25) is 0 Å². The maximum Gasteiger partial charge on any atom is 0.293 e. The van der Waals surface area contributed by atoms with E-state index in [9.17, 15) is 4.79 Å². The lowest BCUT2D eigenvalue weighted by molar-refractivity contribution is 0.0998. The fourth-order valence-corrected chi connectivity index (χ4v) is 4.03. The Bertz CT molecular complexity index is 873. The van der Waals surface area contributed by atoms with Crippen LogP contribution >= 0.6 is 11.3 Å². The lowest BCUT2D eigenvalue weighted by Gasteiger charge is -2.06. The van der Waals surface area contributed by atoms with Crippen LogP contribution in [0.1, 0.15) is 40.9 Å². The van der Waals surface area contributed by atoms with Gasteiger partial charge in [0.05, 0.1) is 12.3 Å². The molecule has 5 nitrogen and oxygen atoms in total. The van der Waals surface area contributed by atoms with Gasteiger partial charge in [-0.15, -0.1) is 11.3 Å². The van der Waals surface area contributed by atoms with E-state index in [0.29, 0.717) is 23.1 Å². The van der Waals surface area contributed by atoms with Crippen LogP contribution in [0.5, 0.6) is 5.75 Å². The number of rotatable bonds is 4. The number of amides is 1. The van der Waals surface area contributed by atoms with E-state index in [1.807, 2.05) is 25.1 Å². The van der Waals surface area contributed by atoms with Crippen LogP contribution in [-0.4, -0.2) is 17.5 Å². The molecule has 0 saturated heterocycles. The number of carbonyl (C=O) groups excluding carboxylic acids is 1. The van der Waals surface area contributed by atoms with Gasteiger partial charge >= 0.3 is 0 Å². The standard InChI is InChI=1S/C18H18N2O3S/c1-2-22-13-8-5-6-11-10-14(23-16(11)13)17(21)20-18-19-12-7-3-4-9-15(12)24-18/h5-6,8,10H,2-4,7,9H2,1H3,(H,19,20,21). The molecule has 0 bridgehead atoms. The molecule has 3 aromatic rings. The predicted octanol–water partition coefficient (Wildman–Crippen LogP) is 4.42. The third-order valence-corrected chi connectivity index (χ3v) is 5.17. The second kappa shape index (κ2) is 6.28. The van der Waals surface area contributed by atoms with E-state index < -0.39 is 0 Å². The minimum Gasteiger partial charge on any atom is -0.490 e. The van der Waals surface area contributed by atoms with Crippen molar-refractivity contribution in [1.29, 1.82) is 0 Å². The second-order valence-corrected chi connectivity index (χ2v) is 6.85. The normalized spacial score (nSPS) is 13.7. The van der Waals surface area contributed by atoms with Crippen molar-refractivity contribution in [3.63, 3.8) is 0 Å². The van der Waals surface area contributed by atoms with Gasteiger partial charge in [0, 0.05) is 10.3 Å². The molecule has 0 fully saturated rings. The number of anilines is 1. The third kappa shape index (κ3) is 2.78. The molecular formula is C18H18N2O3S. The molecule has 0 unspecified atom stereocenters. The number of furan rings is 1. The lowest BCUT2D eigenvalue weighted by atomic mass is 10.0. The molecule has 1 amide bonds. The maximum absolute atomic E-state index is 12.5. The van der Waals surface area contributed by atoms with E-state index >= 15 is 0 Å². The molecular weight excluding hydrogens is 324 g/mol. The largest absolute Gasteiger partial charge is 0.490 e. The number of nitrogens with zero attached hydrogens (tertiary/aromatic N) is 1. The van der Waals surface area contributed by atoms with E-state index in [4.69, 9.17) is 9.15 Å². The molecule has 1 aliphatic rings. The van der Waals surface area contributed by atoms with Crippen molar-refractivity contribution >= 4 is 33.3 Å². The molecule has 1 aliphatic carbocycles. The highest BCUT2D eigenvalue weighted by atomic mass is 32.1. The van der Waals surface area contributed by atoms with Gasteiger partial charge in [0.15, 0.2) is 22.2 Å². The summed E-state index contributed by atoms with van der Waals surface area (Å²) in [5.74, 6) is 0.642. The number of hydrogen-bond donors (Lipinski definition) is 1. The zero-order valence-corrected chi connectivity index (χ0v) is 14.2. The Morgan fingerprint density at radius 2 is 2.25 bits per heavy atom. The Morgan fingerprint density at radius 1 is 1.38 bits per heavy atom. The van der Waals surface area contributed by atoms with Crippen LogP contribution in [0.15, 0.2) is 28.7 Å². The average Bonchev–Trinajstić information content (AvgIpc) is 3.18. The number of para-hydroxylation sites is 1. The summed E-state index contributed by atoms with van der Waals surface area (Å²) in [4.78, 5) is 18.3. The number of nitrogens with one attached hydrogen (secondary N) is 1. The Morgan fingerprint density at radius 3 is 3.08 bits per heavy atom. The van der Waals surface area contributed by atoms with Crippen molar-refractivity contribution in [2.24, 2.45) is 0 Å². The van der Waals surface area contributed by atoms with Crippen molar-refractivity contribution in [3.8, 4) is 5.75 Å². The SMILES string of the molecule is CCOc1cccc2cc(C(=O)Nc3nc4c(s3)CCCC4)oc12. The minimum atomic E-state index is -0.278. The molecule has 0 spiro atoms. The van der Waals surface area contributed by atoms with Crippen molar-refractivity contribution in [2.75, 3.05) is 11.9 Å². The first-order valence-electron chi connectivity index (χ1n) is 8.20. The maximum atomic E-state index is 12.5. The topological polar surface area (TPSA) is 64.4 Å². The highest BCUT2D eigenvalue weighted by molar-refractivity contribution is 7.15. The van der Waals surface area contributed by atoms with Crippen LogP contribution in [0.4, 0.5) is 5.13 Å². The first-order chi connectivity index (χ1) is 11.7. The molecule has 6 heteroatoms. The summed E-state index contributed by atoms with van der Waals surface area (Å²) in [6.07, 6.45) is 4.44. The smallest absolute Gasteiger partial charge is 0.293 e. The number of benzene rings is 1. The molecule has 4 rings (SSSR count). The molecule has 0 radical (unpaired) electrons. The van der Waals surface area contributed by atoms with E-state index in [-0.39, 0.29) is 11.7 Å². The summed E-state index contributed by atoms with van der Waals surface area (Å²) in [5.41, 5.74) is 1.73. The number of fused-ring (bicyclic) bond motifs is 2. The van der Waals surface area contributed by atoms with Gasteiger partial charge < -0.3 is 9.15 Å². The molecule has 1 N–H and O–H groups in total. The van der Waals surface area contributed by atoms with Crippen LogP contribution < -0.4 is 10.1 Å². The number of hydrogen-bond acceptors (Lipinski definition) is 5. The highest BCUT2D eigenvalue weighted by Gasteiger charge is 2.19. The van der Waals surface area contributed by atoms with Crippen molar-refractivity contribution in [3.05, 3.63) is 40.6 Å². The van der Waals surface area contributed by atoms with Gasteiger partial charge in [-0.1, -0.05) is 12.1 Å². The summed E-state index contributed by atoms with van der Waals surface area (Å²) in [6.45, 7) is 2.46. The zero-order chi connectivity index (χ0) is 16.5. The quantitative estimate of drug-likeness (QED) is 0.762. The summed E-state index contributed by atoms with van der Waals surface area (Å²) >= 11 is 1.57. The number of thiazole rings is 1. The minimum absolute atomic E-state index is 0.269. The summed E-state index contributed by atoms with van der Waals surface area (Å²) in [7, 11) is 0. The molecule has 24 heavy (non-hydrogen) atoms. The number of aryl methyl sites for hydroxylation is 2. The molecule has 0 atom stereocenters. The lowest BCUT2D eigenvalue weighted by Crippen LogP contribution is -2.10. The van der Waals surface area contributed by atoms with Gasteiger partial charge in [-0.3, -0.25) is 10.1 Å². The van der Waals surface area contributed by atoms with Crippen LogP contribution in [-0.2, 0) is 12.8 Å². The van der Waals surface area contributed by atoms with E-state index in [1.165, 1.54) is 17.7 Å². The summed E-state index contributed by atoms with van der Waals surface area (Å²) in [5, 5.41) is 4.36. The van der Waals surface area contributed by atoms with Gasteiger partial charge in [0.1, 0.15) is 0 Å². The predicted molar refractivity (Wildman–Crippen MR) is 94.1 cm³/mol. The van der Waals surface area contributed by atoms with Crippen LogP contribution in [0.25, 0.3) is 11.0 Å². The highest BCUT2D eigenvalue weighted by Crippen LogP contribution is 2.31. The summed E-state index contributed by atoms with van der Waals surface area (Å²) < 4.78 is 11.3. The zero-order valence-electron chi connectivity index (χ0n) is 13.4. The average molecular weight is 342 g/mol. The molecule has 124 valence electrons. The summed E-state index contributed by atoms with van der Waals surface area (Å²) in [6, 6.07) is 7.37. The first kappa shape index (κ1) is 15.2. The van der Waals surface area contributed by atoms with Gasteiger partial charge in [-0.25, -0.2) is 4.98 Å². The fourth-order valence-electron chi connectivity index (χ4n) is 2.98. The van der Waals surface area contributed by atoms with Crippen LogP contribution in [0.3, 0.4) is 0 Å². The van der Waals surface area contributed by atoms with Crippen molar-refractivity contribution in [1.82, 2.24) is 4.98 Å². The monoisotopic (exact) mass is 342 g/mol. The number of aromatic nitrogens is 1. The van der Waals surface area contributed by atoms with E-state index in [0.717, 1.165) is 23.9 Å². The van der Waals surface area contributed by atoms with E-state index in [2.05, 4.69) is 10.3 Å². The van der Waals surface area contributed by atoms with Crippen LogP contribution in [0, 0.1) is 0 Å². The Labute approximate surface area is 143 Å². The second-order valence-electron chi connectivity index (χ2n) is 5.77. The third-order valence-electron chi connectivity index (χ3n) is 4.10. The Balaban J connectivity index is 1.59. The van der Waals surface area contributed by atoms with Gasteiger partial charge in [-0.05, 0) is 44.7 Å². The molecule has 2 heterocycles. The molecule has 0 saturated carbocycles. The number of ether oxygens (including phenoxy) is 1. The molecule has 0 aliphatic heterocycles. The molecule has 1 aromatic carbocycles. The van der Waals surface area contributed by atoms with Gasteiger partial charge in [-0.2, -0.15) is 0 Å². The Hall–Kier alpha value is -2.34. The fraction of sp³-hybridized carbons (Fsp3) is 0.333. The van der Waals surface area contributed by atoms with Gasteiger partial charge in [0.2, 0.25) is 0 Å².